The summed E-state index contributed by atoms with van der Waals surface area (Å²) in [6.45, 7) is 3.22. The second-order valence-corrected chi connectivity index (χ2v) is 11.2. The minimum atomic E-state index is 0.385. The number of benzene rings is 1. The third kappa shape index (κ3) is 5.32. The van der Waals surface area contributed by atoms with E-state index in [2.05, 4.69) is 65.1 Å². The van der Waals surface area contributed by atoms with Crippen LogP contribution in [0, 0.1) is 6.92 Å². The van der Waals surface area contributed by atoms with E-state index in [1.54, 1.807) is 27.7 Å². The number of pyridine rings is 3. The molecule has 10 nitrogen and oxygen atoms in total. The lowest BCUT2D eigenvalue weighted by Crippen LogP contribution is -2.10. The molecule has 6 aromatic rings. The standard InChI is InChI=1S/C29H23IN8O2S/c1-17-2-4-21(13-32-17)35-29-36-27-26-24(16-38(41-30)28(26)37-29)19-3-5-25-20(9-19)10-23(15-33-25)40-7-6-39-22-8-18(12-34-27)11-31-14-22/h2-5,8-11,13-16H,6-7,12H2,1H3,(H2,34,35,36,37). The SMILES string of the molecule is Cc1ccc(Nc2nc3c4c(cn(SI)c4n2)-c2ccc4ncc(cc4c2)OCCOc2cncc(c2)CN3)cn1. The van der Waals surface area contributed by atoms with Crippen LogP contribution in [0.15, 0.2) is 73.4 Å². The van der Waals surface area contributed by atoms with Crippen LogP contribution in [0.3, 0.4) is 0 Å². The smallest absolute Gasteiger partial charge is 0.231 e. The molecule has 6 heterocycles. The van der Waals surface area contributed by atoms with Gasteiger partial charge in [-0.15, -0.1) is 0 Å². The van der Waals surface area contributed by atoms with Crippen molar-refractivity contribution in [3.05, 3.63) is 84.7 Å². The van der Waals surface area contributed by atoms with Gasteiger partial charge in [0.2, 0.25) is 5.95 Å². The molecule has 0 saturated carbocycles. The maximum atomic E-state index is 5.95. The molecule has 0 saturated heterocycles. The van der Waals surface area contributed by atoms with Crippen molar-refractivity contribution in [3.63, 3.8) is 0 Å². The number of aryl methyl sites for hydroxylation is 1. The second-order valence-electron chi connectivity index (χ2n) is 9.50. The third-order valence-corrected chi connectivity index (χ3v) is 8.37. The van der Waals surface area contributed by atoms with Crippen LogP contribution < -0.4 is 20.1 Å². The lowest BCUT2D eigenvalue weighted by Gasteiger charge is -2.13. The first kappa shape index (κ1) is 25.8. The molecule has 5 bridgehead atoms. The van der Waals surface area contributed by atoms with E-state index in [9.17, 15) is 0 Å². The van der Waals surface area contributed by atoms with Gasteiger partial charge in [0, 0.05) is 65.9 Å². The molecule has 204 valence electrons. The van der Waals surface area contributed by atoms with Crippen LogP contribution in [0.5, 0.6) is 11.5 Å². The van der Waals surface area contributed by atoms with Crippen LogP contribution in [0.4, 0.5) is 17.5 Å². The molecule has 7 rings (SSSR count). The fraction of sp³-hybridized carbons (Fsp3) is 0.138. The van der Waals surface area contributed by atoms with Gasteiger partial charge in [-0.25, -0.2) is 0 Å². The van der Waals surface area contributed by atoms with Gasteiger partial charge in [0.15, 0.2) is 5.65 Å². The van der Waals surface area contributed by atoms with E-state index in [-0.39, 0.29) is 0 Å². The first-order valence-corrected chi connectivity index (χ1v) is 16.2. The summed E-state index contributed by atoms with van der Waals surface area (Å²) in [7, 11) is 1.55. The molecule has 5 aromatic heterocycles. The van der Waals surface area contributed by atoms with Crippen molar-refractivity contribution in [2.45, 2.75) is 13.5 Å². The number of anilines is 3. The number of hydrogen-bond donors (Lipinski definition) is 2. The molecule has 41 heavy (non-hydrogen) atoms. The van der Waals surface area contributed by atoms with Gasteiger partial charge in [0.05, 0.1) is 35.2 Å². The molecule has 1 aromatic carbocycles. The van der Waals surface area contributed by atoms with Crippen molar-refractivity contribution < 1.29 is 9.47 Å². The van der Waals surface area contributed by atoms with E-state index < -0.39 is 0 Å². The van der Waals surface area contributed by atoms with E-state index in [1.807, 2.05) is 47.4 Å². The van der Waals surface area contributed by atoms with Gasteiger partial charge in [-0.3, -0.25) is 18.9 Å². The Morgan fingerprint density at radius 2 is 1.83 bits per heavy atom. The van der Waals surface area contributed by atoms with Gasteiger partial charge in [-0.1, -0.05) is 6.07 Å². The Morgan fingerprint density at radius 3 is 2.66 bits per heavy atom. The van der Waals surface area contributed by atoms with E-state index in [0.29, 0.717) is 43.0 Å². The van der Waals surface area contributed by atoms with Crippen LogP contribution in [0.2, 0.25) is 0 Å². The minimum Gasteiger partial charge on any atom is -0.488 e. The summed E-state index contributed by atoms with van der Waals surface area (Å²) in [4.78, 5) is 23.2. The number of halogens is 1. The predicted octanol–water partition coefficient (Wildman–Crippen LogP) is 6.72. The van der Waals surface area contributed by atoms with Gasteiger partial charge < -0.3 is 20.1 Å². The number of fused-ring (bicyclic) bond motifs is 5. The fourth-order valence-corrected chi connectivity index (χ4v) is 5.97. The topological polar surface area (TPSA) is 112 Å². The van der Waals surface area contributed by atoms with E-state index >= 15 is 0 Å². The van der Waals surface area contributed by atoms with Crippen LogP contribution in [0.1, 0.15) is 11.3 Å². The molecule has 12 heteroatoms. The Bertz CT molecular complexity index is 1900. The highest BCUT2D eigenvalue weighted by Gasteiger charge is 2.20. The molecule has 1 aliphatic rings. The quantitative estimate of drug-likeness (QED) is 0.196. The average Bonchev–Trinajstić information content (AvgIpc) is 3.37. The Kier molecular flexibility index (Phi) is 6.92. The summed E-state index contributed by atoms with van der Waals surface area (Å²) in [6, 6.07) is 14.1. The Labute approximate surface area is 251 Å². The van der Waals surface area contributed by atoms with E-state index in [4.69, 9.17) is 19.4 Å². The van der Waals surface area contributed by atoms with Crippen molar-refractivity contribution in [2.75, 3.05) is 23.8 Å². The second kappa shape index (κ2) is 11.0. The average molecular weight is 675 g/mol. The molecule has 0 aliphatic carbocycles. The Morgan fingerprint density at radius 1 is 0.951 bits per heavy atom. The molecule has 0 radical (unpaired) electrons. The Balaban J connectivity index is 1.41. The minimum absolute atomic E-state index is 0.385. The molecule has 0 atom stereocenters. The zero-order valence-corrected chi connectivity index (χ0v) is 24.8. The number of nitrogens with zero attached hydrogens (tertiary/aromatic N) is 6. The molecule has 0 fully saturated rings. The lowest BCUT2D eigenvalue weighted by molar-refractivity contribution is 0.216. The Hall–Kier alpha value is -4.17. The summed E-state index contributed by atoms with van der Waals surface area (Å²) in [5, 5.41) is 8.76. The monoisotopic (exact) mass is 674 g/mol. The lowest BCUT2D eigenvalue weighted by atomic mass is 10.0. The van der Waals surface area contributed by atoms with Gasteiger partial charge >= 0.3 is 0 Å². The van der Waals surface area contributed by atoms with Crippen molar-refractivity contribution in [1.82, 2.24) is 28.9 Å². The summed E-state index contributed by atoms with van der Waals surface area (Å²) < 4.78 is 13.9. The van der Waals surface area contributed by atoms with E-state index in [1.165, 1.54) is 0 Å². The van der Waals surface area contributed by atoms with Gasteiger partial charge in [0.25, 0.3) is 0 Å². The summed E-state index contributed by atoms with van der Waals surface area (Å²) in [5.74, 6) is 2.52. The maximum Gasteiger partial charge on any atom is 0.231 e. The number of aromatic nitrogens is 6. The number of nitrogens with one attached hydrogen (secondary N) is 2. The van der Waals surface area contributed by atoms with Gasteiger partial charge in [-0.05, 0) is 54.4 Å². The normalized spacial score (nSPS) is 13.0. The van der Waals surface area contributed by atoms with Crippen molar-refractivity contribution >= 4 is 69.7 Å². The molecule has 0 amide bonds. The fourth-order valence-electron chi connectivity index (χ4n) is 4.73. The van der Waals surface area contributed by atoms with Crippen molar-refractivity contribution in [3.8, 4) is 22.6 Å². The molecule has 1 aliphatic heterocycles. The zero-order chi connectivity index (χ0) is 27.8. The summed E-state index contributed by atoms with van der Waals surface area (Å²) in [5.41, 5.74) is 6.40. The molecule has 0 unspecified atom stereocenters. The zero-order valence-electron chi connectivity index (χ0n) is 21.8. The van der Waals surface area contributed by atoms with Gasteiger partial charge in [-0.2, -0.15) is 9.97 Å². The van der Waals surface area contributed by atoms with Crippen molar-refractivity contribution in [1.29, 1.82) is 0 Å². The third-order valence-electron chi connectivity index (χ3n) is 6.67. The van der Waals surface area contributed by atoms with Crippen molar-refractivity contribution in [2.24, 2.45) is 0 Å². The first-order chi connectivity index (χ1) is 20.1. The number of rotatable bonds is 3. The highest BCUT2D eigenvalue weighted by atomic mass is 127. The largest absolute Gasteiger partial charge is 0.488 e. The molecular weight excluding hydrogens is 651 g/mol. The number of ether oxygens (including phenoxy) is 2. The predicted molar refractivity (Wildman–Crippen MR) is 170 cm³/mol. The van der Waals surface area contributed by atoms with Crippen LogP contribution in [0.25, 0.3) is 33.1 Å². The maximum absolute atomic E-state index is 5.95. The van der Waals surface area contributed by atoms with Crippen LogP contribution in [-0.2, 0) is 6.54 Å². The molecule has 0 spiro atoms. The summed E-state index contributed by atoms with van der Waals surface area (Å²) >= 11 is 2.27. The molecular formula is C29H23IN8O2S. The highest BCUT2D eigenvalue weighted by molar-refractivity contribution is 14.2. The van der Waals surface area contributed by atoms with Gasteiger partial charge in [0.1, 0.15) is 30.5 Å². The highest BCUT2D eigenvalue weighted by Crippen LogP contribution is 2.39. The molecule has 2 N–H and O–H groups in total. The first-order valence-electron chi connectivity index (χ1n) is 12.9. The summed E-state index contributed by atoms with van der Waals surface area (Å²) in [6.07, 6.45) is 9.13. The number of hydrogen-bond acceptors (Lipinski definition) is 10. The van der Waals surface area contributed by atoms with Crippen LogP contribution >= 0.6 is 30.3 Å². The van der Waals surface area contributed by atoms with E-state index in [0.717, 1.165) is 50.0 Å². The van der Waals surface area contributed by atoms with Crippen LogP contribution in [-0.4, -0.2) is 42.1 Å².